The summed E-state index contributed by atoms with van der Waals surface area (Å²) in [5, 5.41) is 3.95. The highest BCUT2D eigenvalue weighted by Crippen LogP contribution is 2.14. The summed E-state index contributed by atoms with van der Waals surface area (Å²) in [6.07, 6.45) is 3.15. The first-order chi connectivity index (χ1) is 5.84. The van der Waals surface area contributed by atoms with Crippen LogP contribution in [-0.2, 0) is 6.54 Å². The molecule has 0 aliphatic heterocycles. The van der Waals surface area contributed by atoms with E-state index < -0.39 is 0 Å². The van der Waals surface area contributed by atoms with Gasteiger partial charge in [0.2, 0.25) is 0 Å². The van der Waals surface area contributed by atoms with Crippen molar-refractivity contribution in [3.05, 3.63) is 35.2 Å². The van der Waals surface area contributed by atoms with Crippen LogP contribution in [0.2, 0.25) is 0 Å². The molecule has 0 aliphatic rings. The summed E-state index contributed by atoms with van der Waals surface area (Å²) in [6, 6.07) is 3.75. The molecule has 2 rings (SSSR count). The van der Waals surface area contributed by atoms with Crippen molar-refractivity contribution in [2.24, 2.45) is 0 Å². The molecule has 0 unspecified atom stereocenters. The van der Waals surface area contributed by atoms with Gasteiger partial charge in [-0.05, 0) is 28.1 Å². The van der Waals surface area contributed by atoms with E-state index in [0.717, 1.165) is 10.4 Å². The number of nitrogens with zero attached hydrogens (tertiary/aromatic N) is 3. The molecule has 0 aliphatic carbocycles. The van der Waals surface area contributed by atoms with Gasteiger partial charge in [-0.25, -0.2) is 9.67 Å². The van der Waals surface area contributed by atoms with Gasteiger partial charge >= 0.3 is 0 Å². The molecule has 0 amide bonds. The highest BCUT2D eigenvalue weighted by Gasteiger charge is 1.99. The predicted molar refractivity (Wildman–Crippen MR) is 45.5 cm³/mol. The summed E-state index contributed by atoms with van der Waals surface area (Å²) in [7, 11) is 0. The summed E-state index contributed by atoms with van der Waals surface area (Å²) in [4.78, 5) is 3.82. The van der Waals surface area contributed by atoms with Crippen molar-refractivity contribution in [3.63, 3.8) is 0 Å². The summed E-state index contributed by atoms with van der Waals surface area (Å²) in [5.41, 5.74) is 0. The van der Waals surface area contributed by atoms with E-state index >= 15 is 0 Å². The molecule has 0 spiro atoms. The summed E-state index contributed by atoms with van der Waals surface area (Å²) >= 11 is 3.22. The Bertz CT molecular complexity index is 354. The fourth-order valence-corrected chi connectivity index (χ4v) is 1.25. The number of furan rings is 1. The van der Waals surface area contributed by atoms with Crippen molar-refractivity contribution in [3.8, 4) is 0 Å². The third kappa shape index (κ3) is 1.55. The topological polar surface area (TPSA) is 43.9 Å². The van der Waals surface area contributed by atoms with E-state index in [1.54, 1.807) is 11.0 Å². The Labute approximate surface area is 77.3 Å². The van der Waals surface area contributed by atoms with Crippen molar-refractivity contribution >= 4 is 15.9 Å². The largest absolute Gasteiger partial charge is 0.452 e. The summed E-state index contributed by atoms with van der Waals surface area (Å²) in [6.45, 7) is 0.617. The third-order valence-electron chi connectivity index (χ3n) is 1.41. The van der Waals surface area contributed by atoms with E-state index in [2.05, 4.69) is 26.0 Å². The molecule has 0 fully saturated rings. The normalized spacial score (nSPS) is 10.4. The van der Waals surface area contributed by atoms with Gasteiger partial charge in [-0.15, -0.1) is 0 Å². The van der Waals surface area contributed by atoms with Crippen molar-refractivity contribution in [2.45, 2.75) is 6.54 Å². The van der Waals surface area contributed by atoms with Crippen molar-refractivity contribution in [1.29, 1.82) is 0 Å². The van der Waals surface area contributed by atoms with Crippen LogP contribution in [0, 0.1) is 0 Å². The minimum absolute atomic E-state index is 0.617. The Morgan fingerprint density at radius 1 is 1.50 bits per heavy atom. The lowest BCUT2D eigenvalue weighted by atomic mass is 10.4. The molecule has 4 nitrogen and oxygen atoms in total. The number of hydrogen-bond acceptors (Lipinski definition) is 3. The van der Waals surface area contributed by atoms with Crippen LogP contribution in [0.5, 0.6) is 0 Å². The van der Waals surface area contributed by atoms with Crippen LogP contribution in [0.15, 0.2) is 33.9 Å². The maximum Gasteiger partial charge on any atom is 0.169 e. The summed E-state index contributed by atoms with van der Waals surface area (Å²) < 4.78 is 7.72. The number of halogens is 1. The van der Waals surface area contributed by atoms with Crippen LogP contribution in [0.3, 0.4) is 0 Å². The first kappa shape index (κ1) is 7.54. The maximum atomic E-state index is 5.28. The monoisotopic (exact) mass is 227 g/mol. The molecular formula is C7H6BrN3O. The van der Waals surface area contributed by atoms with E-state index in [0.29, 0.717) is 6.54 Å². The third-order valence-corrected chi connectivity index (χ3v) is 1.84. The first-order valence-corrected chi connectivity index (χ1v) is 4.20. The van der Waals surface area contributed by atoms with E-state index in [4.69, 9.17) is 4.42 Å². The van der Waals surface area contributed by atoms with Gasteiger partial charge in [0.1, 0.15) is 25.0 Å². The van der Waals surface area contributed by atoms with Gasteiger partial charge in [0.25, 0.3) is 0 Å². The molecule has 0 saturated carbocycles. The van der Waals surface area contributed by atoms with Gasteiger partial charge in [0.05, 0.1) is 0 Å². The predicted octanol–water partition coefficient (Wildman–Crippen LogP) is 1.68. The van der Waals surface area contributed by atoms with E-state index in [9.17, 15) is 0 Å². The number of hydrogen-bond donors (Lipinski definition) is 0. The standard InChI is InChI=1S/C7H6BrN3O/c8-7-2-1-6(12-7)3-11-5-9-4-10-11/h1-2,4-5H,3H2. The Balaban J connectivity index is 2.14. The summed E-state index contributed by atoms with van der Waals surface area (Å²) in [5.74, 6) is 0.854. The fourth-order valence-electron chi connectivity index (χ4n) is 0.911. The number of aromatic nitrogens is 3. The fraction of sp³-hybridized carbons (Fsp3) is 0.143. The Kier molecular flexibility index (Phi) is 1.95. The van der Waals surface area contributed by atoms with Gasteiger partial charge in [0.15, 0.2) is 4.67 Å². The zero-order valence-corrected chi connectivity index (χ0v) is 7.73. The Morgan fingerprint density at radius 3 is 3.00 bits per heavy atom. The highest BCUT2D eigenvalue weighted by atomic mass is 79.9. The molecule has 0 N–H and O–H groups in total. The van der Waals surface area contributed by atoms with Crippen LogP contribution >= 0.6 is 15.9 Å². The second-order valence-electron chi connectivity index (χ2n) is 2.30. The lowest BCUT2D eigenvalue weighted by Gasteiger charge is -1.94. The maximum absolute atomic E-state index is 5.28. The quantitative estimate of drug-likeness (QED) is 0.785. The van der Waals surface area contributed by atoms with Crippen LogP contribution in [0.25, 0.3) is 0 Å². The smallest absolute Gasteiger partial charge is 0.169 e. The zero-order valence-electron chi connectivity index (χ0n) is 6.14. The Hall–Kier alpha value is -1.10. The molecule has 0 atom stereocenters. The second-order valence-corrected chi connectivity index (χ2v) is 3.08. The molecule has 2 heterocycles. The molecule has 0 radical (unpaired) electrons. The van der Waals surface area contributed by atoms with E-state index in [-0.39, 0.29) is 0 Å². The first-order valence-electron chi connectivity index (χ1n) is 3.41. The van der Waals surface area contributed by atoms with Crippen LogP contribution in [0.4, 0.5) is 0 Å². The van der Waals surface area contributed by atoms with Gasteiger partial charge < -0.3 is 4.42 Å². The lowest BCUT2D eigenvalue weighted by Crippen LogP contribution is -1.97. The van der Waals surface area contributed by atoms with Crippen molar-refractivity contribution in [2.75, 3.05) is 0 Å². The van der Waals surface area contributed by atoms with Crippen LogP contribution in [-0.4, -0.2) is 14.8 Å². The number of rotatable bonds is 2. The van der Waals surface area contributed by atoms with E-state index in [1.165, 1.54) is 6.33 Å². The molecule has 2 aromatic rings. The highest BCUT2D eigenvalue weighted by molar-refractivity contribution is 9.10. The van der Waals surface area contributed by atoms with Crippen LogP contribution in [0.1, 0.15) is 5.76 Å². The SMILES string of the molecule is Brc1ccc(Cn2cncn2)o1. The average Bonchev–Trinajstić information content (AvgIpc) is 2.63. The molecule has 62 valence electrons. The molecule has 0 aromatic carbocycles. The molecule has 2 aromatic heterocycles. The minimum Gasteiger partial charge on any atom is -0.452 e. The van der Waals surface area contributed by atoms with Crippen molar-refractivity contribution in [1.82, 2.24) is 14.8 Å². The second kappa shape index (κ2) is 3.10. The van der Waals surface area contributed by atoms with Gasteiger partial charge in [0, 0.05) is 0 Å². The van der Waals surface area contributed by atoms with E-state index in [1.807, 2.05) is 12.1 Å². The average molecular weight is 228 g/mol. The van der Waals surface area contributed by atoms with Gasteiger partial charge in [-0.3, -0.25) is 0 Å². The minimum atomic E-state index is 0.617. The molecular weight excluding hydrogens is 222 g/mol. The Morgan fingerprint density at radius 2 is 2.42 bits per heavy atom. The molecule has 5 heteroatoms. The van der Waals surface area contributed by atoms with Crippen LogP contribution < -0.4 is 0 Å². The van der Waals surface area contributed by atoms with Gasteiger partial charge in [-0.2, -0.15) is 5.10 Å². The zero-order chi connectivity index (χ0) is 8.39. The molecule has 0 bridgehead atoms. The molecule has 0 saturated heterocycles. The van der Waals surface area contributed by atoms with Crippen molar-refractivity contribution < 1.29 is 4.42 Å². The lowest BCUT2D eigenvalue weighted by molar-refractivity contribution is 0.462. The van der Waals surface area contributed by atoms with Gasteiger partial charge in [-0.1, -0.05) is 0 Å². The molecule has 12 heavy (non-hydrogen) atoms.